The monoisotopic (exact) mass is 428 g/mol. The van der Waals surface area contributed by atoms with Gasteiger partial charge in [-0.3, -0.25) is 14.5 Å². The summed E-state index contributed by atoms with van der Waals surface area (Å²) >= 11 is 6.58. The normalized spacial score (nSPS) is 15.1. The summed E-state index contributed by atoms with van der Waals surface area (Å²) < 4.78 is 5.68. The first kappa shape index (κ1) is 20.9. The molecule has 2 N–H and O–H groups in total. The molecule has 2 aromatic carbocycles. The van der Waals surface area contributed by atoms with Crippen molar-refractivity contribution in [3.8, 4) is 11.5 Å². The lowest BCUT2D eigenvalue weighted by Crippen LogP contribution is -2.29. The van der Waals surface area contributed by atoms with Crippen LogP contribution in [-0.2, 0) is 9.59 Å². The van der Waals surface area contributed by atoms with Gasteiger partial charge in [0.15, 0.2) is 0 Å². The van der Waals surface area contributed by atoms with Crippen LogP contribution in [0, 0.1) is 0 Å². The number of phenolic OH excluding ortho intramolecular Hbond substituents is 1. The van der Waals surface area contributed by atoms with Gasteiger partial charge in [0.1, 0.15) is 15.8 Å². The molecular formula is C21H20N2O4S2. The van der Waals surface area contributed by atoms with Crippen LogP contribution in [0.1, 0.15) is 18.4 Å². The van der Waals surface area contributed by atoms with Crippen LogP contribution in [0.2, 0.25) is 0 Å². The fourth-order valence-corrected chi connectivity index (χ4v) is 4.07. The lowest BCUT2D eigenvalue weighted by molar-refractivity contribution is -0.122. The molecule has 3 rings (SSSR count). The van der Waals surface area contributed by atoms with E-state index in [2.05, 4.69) is 5.32 Å². The van der Waals surface area contributed by atoms with Gasteiger partial charge in [-0.25, -0.2) is 0 Å². The molecule has 0 saturated carbocycles. The lowest BCUT2D eigenvalue weighted by atomic mass is 10.2. The van der Waals surface area contributed by atoms with Crippen molar-refractivity contribution in [1.29, 1.82) is 0 Å². The molecule has 0 aliphatic carbocycles. The van der Waals surface area contributed by atoms with Gasteiger partial charge >= 0.3 is 0 Å². The van der Waals surface area contributed by atoms with Crippen LogP contribution in [0.15, 0.2) is 53.4 Å². The van der Waals surface area contributed by atoms with Crippen LogP contribution >= 0.6 is 24.0 Å². The Morgan fingerprint density at radius 2 is 2.07 bits per heavy atom. The van der Waals surface area contributed by atoms with Crippen molar-refractivity contribution in [2.24, 2.45) is 0 Å². The number of carbonyl (C=O) groups is 2. The number of amides is 2. The van der Waals surface area contributed by atoms with Crippen molar-refractivity contribution < 1.29 is 19.4 Å². The number of nitrogens with zero attached hydrogens (tertiary/aromatic N) is 1. The Balaban J connectivity index is 1.55. The number of aromatic hydroxyl groups is 1. The molecule has 1 aliphatic heterocycles. The van der Waals surface area contributed by atoms with Gasteiger partial charge < -0.3 is 15.2 Å². The number of carbonyl (C=O) groups excluding carboxylic acids is 2. The van der Waals surface area contributed by atoms with Crippen molar-refractivity contribution in [3.63, 3.8) is 0 Å². The quantitative estimate of drug-likeness (QED) is 0.394. The number of anilines is 1. The highest BCUT2D eigenvalue weighted by molar-refractivity contribution is 8.26. The Bertz CT molecular complexity index is 975. The molecule has 0 atom stereocenters. The number of ether oxygens (including phenoxy) is 1. The first-order chi connectivity index (χ1) is 14.0. The van der Waals surface area contributed by atoms with E-state index in [1.165, 1.54) is 22.7 Å². The number of para-hydroxylation sites is 2. The maximum Gasteiger partial charge on any atom is 0.266 e. The van der Waals surface area contributed by atoms with Crippen LogP contribution in [0.3, 0.4) is 0 Å². The number of phenols is 1. The van der Waals surface area contributed by atoms with Crippen molar-refractivity contribution in [3.05, 3.63) is 59.0 Å². The predicted octanol–water partition coefficient (Wildman–Crippen LogP) is 4.02. The van der Waals surface area contributed by atoms with Crippen LogP contribution < -0.4 is 10.1 Å². The predicted molar refractivity (Wildman–Crippen MR) is 119 cm³/mol. The Labute approximate surface area is 178 Å². The van der Waals surface area contributed by atoms with E-state index in [9.17, 15) is 14.7 Å². The molecule has 0 bridgehead atoms. The fraction of sp³-hybridized carbons (Fsp3) is 0.190. The van der Waals surface area contributed by atoms with Gasteiger partial charge in [-0.15, -0.1) is 0 Å². The molecule has 29 heavy (non-hydrogen) atoms. The van der Waals surface area contributed by atoms with Crippen LogP contribution in [0.5, 0.6) is 11.5 Å². The molecular weight excluding hydrogens is 408 g/mol. The summed E-state index contributed by atoms with van der Waals surface area (Å²) in [5.74, 6) is 0.331. The SMILES string of the molecule is COc1cccc(/C=C2\SC(=S)N(CCCC(=O)Nc3ccccc3O)C2=O)c1. The van der Waals surface area contributed by atoms with E-state index in [1.807, 2.05) is 24.3 Å². The number of benzene rings is 2. The number of methoxy groups -OCH3 is 1. The summed E-state index contributed by atoms with van der Waals surface area (Å²) in [6.07, 6.45) is 2.45. The standard InChI is InChI=1S/C21H20N2O4S2/c1-27-15-7-4-6-14(12-15)13-18-20(26)23(21(28)29-18)11-5-10-19(25)22-16-8-2-3-9-17(16)24/h2-4,6-9,12-13,24H,5,10-11H2,1H3,(H,22,25)/b18-13-. The lowest BCUT2D eigenvalue weighted by Gasteiger charge is -2.14. The molecule has 1 saturated heterocycles. The number of thioether (sulfide) groups is 1. The van der Waals surface area contributed by atoms with E-state index in [-0.39, 0.29) is 24.0 Å². The smallest absolute Gasteiger partial charge is 0.266 e. The van der Waals surface area contributed by atoms with E-state index >= 15 is 0 Å². The highest BCUT2D eigenvalue weighted by Gasteiger charge is 2.31. The van der Waals surface area contributed by atoms with Gasteiger partial charge in [-0.1, -0.05) is 48.2 Å². The minimum absolute atomic E-state index is 0.0143. The Hall–Kier alpha value is -2.84. The number of hydrogen-bond donors (Lipinski definition) is 2. The maximum absolute atomic E-state index is 12.7. The Kier molecular flexibility index (Phi) is 6.90. The molecule has 2 aromatic rings. The molecule has 0 aromatic heterocycles. The van der Waals surface area contributed by atoms with Gasteiger partial charge in [0.25, 0.3) is 5.91 Å². The van der Waals surface area contributed by atoms with Gasteiger partial charge in [-0.05, 0) is 42.3 Å². The minimum atomic E-state index is -0.233. The van der Waals surface area contributed by atoms with E-state index in [1.54, 1.807) is 31.4 Å². The molecule has 0 unspecified atom stereocenters. The first-order valence-corrected chi connectivity index (χ1v) is 10.2. The molecule has 1 heterocycles. The fourth-order valence-electron chi connectivity index (χ4n) is 2.77. The zero-order valence-corrected chi connectivity index (χ0v) is 17.4. The second-order valence-corrected chi connectivity index (χ2v) is 7.95. The van der Waals surface area contributed by atoms with E-state index in [0.29, 0.717) is 33.6 Å². The van der Waals surface area contributed by atoms with Crippen LogP contribution in [0.25, 0.3) is 6.08 Å². The number of nitrogens with one attached hydrogen (secondary N) is 1. The van der Waals surface area contributed by atoms with Gasteiger partial charge in [0.2, 0.25) is 5.91 Å². The van der Waals surface area contributed by atoms with E-state index in [0.717, 1.165) is 5.56 Å². The molecule has 1 fully saturated rings. The Morgan fingerprint density at radius 3 is 2.83 bits per heavy atom. The zero-order valence-electron chi connectivity index (χ0n) is 15.8. The third-order valence-corrected chi connectivity index (χ3v) is 5.61. The third-order valence-electron chi connectivity index (χ3n) is 4.23. The van der Waals surface area contributed by atoms with Gasteiger partial charge in [0.05, 0.1) is 17.7 Å². The summed E-state index contributed by atoms with van der Waals surface area (Å²) in [6, 6.07) is 14.0. The second-order valence-electron chi connectivity index (χ2n) is 6.28. The molecule has 0 spiro atoms. The Morgan fingerprint density at radius 1 is 1.28 bits per heavy atom. The van der Waals surface area contributed by atoms with Gasteiger partial charge in [0, 0.05) is 13.0 Å². The molecule has 1 aliphatic rings. The summed E-state index contributed by atoms with van der Waals surface area (Å²) in [5.41, 5.74) is 1.22. The average Bonchev–Trinajstić information content (AvgIpc) is 2.97. The first-order valence-electron chi connectivity index (χ1n) is 8.95. The number of hydrogen-bond acceptors (Lipinski definition) is 6. The highest BCUT2D eigenvalue weighted by Crippen LogP contribution is 2.33. The molecule has 0 radical (unpaired) electrons. The number of rotatable bonds is 7. The number of thiocarbonyl (C=S) groups is 1. The molecule has 2 amide bonds. The van der Waals surface area contributed by atoms with Crippen molar-refractivity contribution >= 4 is 51.9 Å². The zero-order chi connectivity index (χ0) is 20.8. The third kappa shape index (κ3) is 5.36. The topological polar surface area (TPSA) is 78.9 Å². The van der Waals surface area contributed by atoms with Crippen molar-refractivity contribution in [2.45, 2.75) is 12.8 Å². The molecule has 8 heteroatoms. The van der Waals surface area contributed by atoms with E-state index in [4.69, 9.17) is 17.0 Å². The summed E-state index contributed by atoms with van der Waals surface area (Å²) in [5, 5.41) is 12.4. The van der Waals surface area contributed by atoms with Crippen LogP contribution in [0.4, 0.5) is 5.69 Å². The average molecular weight is 429 g/mol. The van der Waals surface area contributed by atoms with Gasteiger partial charge in [-0.2, -0.15) is 0 Å². The second kappa shape index (κ2) is 9.58. The van der Waals surface area contributed by atoms with Crippen LogP contribution in [-0.4, -0.2) is 39.8 Å². The maximum atomic E-state index is 12.7. The van der Waals surface area contributed by atoms with E-state index < -0.39 is 0 Å². The minimum Gasteiger partial charge on any atom is -0.506 e. The largest absolute Gasteiger partial charge is 0.506 e. The summed E-state index contributed by atoms with van der Waals surface area (Å²) in [4.78, 5) is 26.8. The molecule has 6 nitrogen and oxygen atoms in total. The summed E-state index contributed by atoms with van der Waals surface area (Å²) in [6.45, 7) is 0.355. The van der Waals surface area contributed by atoms with Crippen molar-refractivity contribution in [2.75, 3.05) is 19.0 Å². The molecule has 150 valence electrons. The summed E-state index contributed by atoms with van der Waals surface area (Å²) in [7, 11) is 1.59. The van der Waals surface area contributed by atoms with Crippen molar-refractivity contribution in [1.82, 2.24) is 4.90 Å². The highest BCUT2D eigenvalue weighted by atomic mass is 32.2.